The first-order valence-electron chi connectivity index (χ1n) is 14.1. The number of aliphatic hydroxyl groups excluding tert-OH is 1. The van der Waals surface area contributed by atoms with Crippen LogP contribution in [0.1, 0.15) is 36.6 Å². The van der Waals surface area contributed by atoms with E-state index in [1.807, 2.05) is 0 Å². The zero-order valence-electron chi connectivity index (χ0n) is 25.6. The van der Waals surface area contributed by atoms with Crippen LogP contribution in [0.25, 0.3) is 0 Å². The van der Waals surface area contributed by atoms with E-state index in [-0.39, 0.29) is 29.6 Å². The highest BCUT2D eigenvalue weighted by Crippen LogP contribution is 2.37. The summed E-state index contributed by atoms with van der Waals surface area (Å²) in [5.41, 5.74) is 4.65. The molecule has 14 heteroatoms. The molecular weight excluding hydrogens is 623 g/mol. The predicted molar refractivity (Wildman–Crippen MR) is 168 cm³/mol. The van der Waals surface area contributed by atoms with E-state index < -0.39 is 30.1 Å². The van der Waals surface area contributed by atoms with Crippen LogP contribution in [0.2, 0.25) is 5.02 Å². The van der Waals surface area contributed by atoms with E-state index in [0.717, 1.165) is 0 Å². The molecule has 3 aromatic carbocycles. The number of carbonyl (C=O) groups is 2. The van der Waals surface area contributed by atoms with Gasteiger partial charge in [0.05, 0.1) is 43.7 Å². The Morgan fingerprint density at radius 3 is 2.61 bits per heavy atom. The Hall–Kier alpha value is -5.01. The zero-order valence-corrected chi connectivity index (χ0v) is 26.3. The molecule has 3 aromatic rings. The highest BCUT2D eigenvalue weighted by molar-refractivity contribution is 6.32. The van der Waals surface area contributed by atoms with Gasteiger partial charge in [-0.05, 0) is 55.3 Å². The number of halogens is 2. The fourth-order valence-corrected chi connectivity index (χ4v) is 4.81. The molecule has 0 saturated heterocycles. The number of urea groups is 1. The number of carbonyl (C=O) groups excluding carboxylic acids is 2. The number of nitrogens with one attached hydrogen (secondary N) is 3. The lowest BCUT2D eigenvalue weighted by atomic mass is 9.95. The van der Waals surface area contributed by atoms with Crippen molar-refractivity contribution < 1.29 is 42.8 Å². The summed E-state index contributed by atoms with van der Waals surface area (Å²) in [5.74, 6) is 0.234. The smallest absolute Gasteiger partial charge is 0.337 e. The quantitative estimate of drug-likeness (QED) is 0.0846. The highest BCUT2D eigenvalue weighted by atomic mass is 35.5. The molecule has 0 aromatic heterocycles. The molecule has 2 atom stereocenters. The predicted octanol–water partition coefficient (Wildman–Crippen LogP) is 4.59. The van der Waals surface area contributed by atoms with Gasteiger partial charge in [0.15, 0.2) is 29.2 Å². The van der Waals surface area contributed by atoms with Crippen LogP contribution in [-0.2, 0) is 16.1 Å². The van der Waals surface area contributed by atoms with E-state index in [9.17, 15) is 19.1 Å². The van der Waals surface area contributed by atoms with E-state index in [2.05, 4.69) is 21.2 Å². The number of hydrazone groups is 1. The first-order chi connectivity index (χ1) is 22.1. The van der Waals surface area contributed by atoms with Gasteiger partial charge in [-0.2, -0.15) is 5.10 Å². The molecule has 0 radical (unpaired) electrons. The Morgan fingerprint density at radius 2 is 1.89 bits per heavy atom. The number of hydrogen-bond acceptors (Lipinski definition) is 10. The van der Waals surface area contributed by atoms with Crippen molar-refractivity contribution in [2.75, 3.05) is 27.4 Å². The number of hydrogen-bond donors (Lipinski definition) is 4. The Morgan fingerprint density at radius 1 is 1.11 bits per heavy atom. The van der Waals surface area contributed by atoms with E-state index in [1.54, 1.807) is 62.4 Å². The number of nitrogens with zero attached hydrogens (tertiary/aromatic N) is 1. The average Bonchev–Trinajstić information content (AvgIpc) is 3.03. The summed E-state index contributed by atoms with van der Waals surface area (Å²) in [6.07, 6.45) is 0.201. The molecule has 0 unspecified atom stereocenters. The van der Waals surface area contributed by atoms with Gasteiger partial charge in [0.25, 0.3) is 0 Å². The van der Waals surface area contributed by atoms with Gasteiger partial charge >= 0.3 is 12.0 Å². The molecule has 12 nitrogen and oxygen atoms in total. The number of aliphatic hydroxyl groups is 1. The molecule has 1 aliphatic rings. The van der Waals surface area contributed by atoms with Gasteiger partial charge in [0.1, 0.15) is 19.0 Å². The van der Waals surface area contributed by atoms with E-state index in [4.69, 9.17) is 35.3 Å². The number of amides is 2. The Balaban J connectivity index is 1.39. The first-order valence-corrected chi connectivity index (χ1v) is 14.5. The number of esters is 1. The number of methoxy groups -OCH3 is 2. The number of ether oxygens (including phenoxy) is 5. The first kappa shape index (κ1) is 33.9. The molecule has 0 saturated carbocycles. The van der Waals surface area contributed by atoms with Crippen LogP contribution < -0.4 is 35.0 Å². The van der Waals surface area contributed by atoms with Crippen LogP contribution in [0.15, 0.2) is 71.0 Å². The third-order valence-corrected chi connectivity index (χ3v) is 6.97. The summed E-state index contributed by atoms with van der Waals surface area (Å²) < 4.78 is 41.5. The Bertz CT molecular complexity index is 1630. The molecule has 0 bridgehead atoms. The number of rotatable bonds is 14. The molecule has 0 aliphatic carbocycles. The van der Waals surface area contributed by atoms with Crippen LogP contribution in [-0.4, -0.2) is 57.0 Å². The number of benzene rings is 3. The summed E-state index contributed by atoms with van der Waals surface area (Å²) in [6, 6.07) is 13.1. The number of allylic oxidation sites excluding steroid dienone is 1. The van der Waals surface area contributed by atoms with Crippen molar-refractivity contribution in [3.63, 3.8) is 0 Å². The van der Waals surface area contributed by atoms with Gasteiger partial charge in [-0.1, -0.05) is 35.9 Å². The summed E-state index contributed by atoms with van der Waals surface area (Å²) in [6.45, 7) is 3.46. The monoisotopic (exact) mass is 656 g/mol. The van der Waals surface area contributed by atoms with Crippen LogP contribution in [0.3, 0.4) is 0 Å². The van der Waals surface area contributed by atoms with Crippen molar-refractivity contribution in [1.82, 2.24) is 16.1 Å². The second-order valence-electron chi connectivity index (χ2n) is 9.83. The minimum Gasteiger partial charge on any atom is -0.493 e. The molecule has 4 rings (SSSR count). The van der Waals surface area contributed by atoms with Crippen molar-refractivity contribution >= 4 is 29.8 Å². The average molecular weight is 657 g/mol. The standard InChI is InChI=1S/C32H34ClFN4O8/c1-5-44-25-14-20(29-28(31(40)43-4)18(2)36-32(41)37-29)10-11-24(25)45-17-27(39)38-35-15-19-12-22(33)30(26(13-19)42-3)46-16-21-8-6-7-9-23(21)34/h6-15,27,29,38-39H,5,16-17H2,1-4H3,(H2,36,37,41)/b35-15-/t27-,29+/m0/s1. The molecule has 1 aliphatic heterocycles. The Kier molecular flexibility index (Phi) is 11.7. The van der Waals surface area contributed by atoms with Crippen LogP contribution in [0.4, 0.5) is 9.18 Å². The zero-order chi connectivity index (χ0) is 33.2. The fraction of sp³-hybridized carbons (Fsp3) is 0.281. The second kappa shape index (κ2) is 15.8. The molecular formula is C32H34ClFN4O8. The fourth-order valence-electron chi connectivity index (χ4n) is 4.54. The van der Waals surface area contributed by atoms with Gasteiger partial charge in [-0.3, -0.25) is 5.43 Å². The second-order valence-corrected chi connectivity index (χ2v) is 10.2. The van der Waals surface area contributed by atoms with Gasteiger partial charge in [-0.15, -0.1) is 0 Å². The summed E-state index contributed by atoms with van der Waals surface area (Å²) in [7, 11) is 2.71. The van der Waals surface area contributed by atoms with Crippen molar-refractivity contribution in [3.8, 4) is 23.0 Å². The topological polar surface area (TPSA) is 149 Å². The third kappa shape index (κ3) is 8.37. The normalized spacial score (nSPS) is 15.1. The van der Waals surface area contributed by atoms with Crippen molar-refractivity contribution in [2.24, 2.45) is 5.10 Å². The van der Waals surface area contributed by atoms with Crippen molar-refractivity contribution in [3.05, 3.63) is 93.4 Å². The van der Waals surface area contributed by atoms with E-state index in [1.165, 1.54) is 26.5 Å². The highest BCUT2D eigenvalue weighted by Gasteiger charge is 2.32. The van der Waals surface area contributed by atoms with Crippen molar-refractivity contribution in [1.29, 1.82) is 0 Å². The summed E-state index contributed by atoms with van der Waals surface area (Å²) >= 11 is 6.41. The largest absolute Gasteiger partial charge is 0.493 e. The maximum Gasteiger partial charge on any atom is 0.337 e. The van der Waals surface area contributed by atoms with Crippen molar-refractivity contribution in [2.45, 2.75) is 32.7 Å². The summed E-state index contributed by atoms with van der Waals surface area (Å²) in [5, 5.41) is 20.0. The molecule has 0 fully saturated rings. The molecule has 244 valence electrons. The van der Waals surface area contributed by atoms with E-state index in [0.29, 0.717) is 46.2 Å². The van der Waals surface area contributed by atoms with Gasteiger partial charge in [-0.25, -0.2) is 14.0 Å². The third-order valence-electron chi connectivity index (χ3n) is 6.69. The lowest BCUT2D eigenvalue weighted by molar-refractivity contribution is -0.136. The lowest BCUT2D eigenvalue weighted by Crippen LogP contribution is -2.45. The maximum absolute atomic E-state index is 14.0. The molecule has 4 N–H and O–H groups in total. The summed E-state index contributed by atoms with van der Waals surface area (Å²) in [4.78, 5) is 24.6. The minimum atomic E-state index is -1.22. The molecule has 46 heavy (non-hydrogen) atoms. The SMILES string of the molecule is CCOc1cc([C@H]2NC(=O)NC(C)=C2C(=O)OC)ccc1OC[C@H](O)N/N=C\c1cc(Cl)c(OCc2ccccc2F)c(OC)c1. The molecule has 2 amide bonds. The van der Waals surface area contributed by atoms with Crippen LogP contribution in [0.5, 0.6) is 23.0 Å². The van der Waals surface area contributed by atoms with E-state index >= 15 is 0 Å². The van der Waals surface area contributed by atoms with Gasteiger partial charge in [0, 0.05) is 11.3 Å². The maximum atomic E-state index is 14.0. The lowest BCUT2D eigenvalue weighted by Gasteiger charge is -2.28. The van der Waals surface area contributed by atoms with Crippen LogP contribution in [0, 0.1) is 5.82 Å². The minimum absolute atomic E-state index is 0.0441. The van der Waals surface area contributed by atoms with Crippen LogP contribution >= 0.6 is 11.6 Å². The van der Waals surface area contributed by atoms with Gasteiger partial charge in [0.2, 0.25) is 0 Å². The molecule has 1 heterocycles. The Labute approximate surface area is 270 Å². The van der Waals surface area contributed by atoms with Gasteiger partial charge < -0.3 is 39.4 Å². The molecule has 0 spiro atoms.